The molecule has 202 valence electrons. The summed E-state index contributed by atoms with van der Waals surface area (Å²) in [6, 6.07) is 27.2. The number of hydrogen-bond donors (Lipinski definition) is 2. The molecule has 0 bridgehead atoms. The van der Waals surface area contributed by atoms with Crippen LogP contribution in [0.3, 0.4) is 0 Å². The molecule has 0 fully saturated rings. The van der Waals surface area contributed by atoms with E-state index in [9.17, 15) is 19.8 Å². The van der Waals surface area contributed by atoms with E-state index in [1.54, 1.807) is 11.4 Å². The monoisotopic (exact) mass is 544 g/mol. The van der Waals surface area contributed by atoms with Crippen LogP contribution in [-0.4, -0.2) is 41.8 Å². The van der Waals surface area contributed by atoms with Crippen molar-refractivity contribution in [3.63, 3.8) is 0 Å². The number of anilines is 2. The van der Waals surface area contributed by atoms with Crippen molar-refractivity contribution >= 4 is 46.0 Å². The number of methoxy groups -OCH3 is 1. The predicted molar refractivity (Wildman–Crippen MR) is 157 cm³/mol. The molecule has 7 nitrogen and oxygen atoms in total. The van der Waals surface area contributed by atoms with Crippen LogP contribution in [0.15, 0.2) is 89.8 Å². The minimum absolute atomic E-state index is 0.0135. The first-order chi connectivity index (χ1) is 18.7. The number of rotatable bonds is 12. The number of nitrogens with zero attached hydrogens (tertiary/aromatic N) is 2. The molecule has 0 aliphatic heterocycles. The lowest BCUT2D eigenvalue weighted by Crippen LogP contribution is -2.34. The number of carboxylic acid groups (broad SMARTS) is 2. The molecule has 4 aromatic carbocycles. The number of fused-ring (bicyclic) bond motifs is 1. The molecule has 0 aliphatic rings. The summed E-state index contributed by atoms with van der Waals surface area (Å²) in [4.78, 5) is 26.5. The summed E-state index contributed by atoms with van der Waals surface area (Å²) in [6.07, 6.45) is -0.0135. The zero-order valence-corrected chi connectivity index (χ0v) is 23.0. The number of benzene rings is 4. The highest BCUT2D eigenvalue weighted by molar-refractivity contribution is 8.00. The molecule has 0 aliphatic carbocycles. The molecule has 0 saturated heterocycles. The van der Waals surface area contributed by atoms with E-state index < -0.39 is 11.9 Å². The van der Waals surface area contributed by atoms with Crippen molar-refractivity contribution in [2.24, 2.45) is 0 Å². The molecule has 0 radical (unpaired) electrons. The van der Waals surface area contributed by atoms with Crippen LogP contribution in [0.2, 0.25) is 0 Å². The van der Waals surface area contributed by atoms with Gasteiger partial charge in [0.15, 0.2) is 0 Å². The van der Waals surface area contributed by atoms with E-state index in [4.69, 9.17) is 4.74 Å². The van der Waals surface area contributed by atoms with Gasteiger partial charge in [0.05, 0.1) is 19.2 Å². The molecule has 0 unspecified atom stereocenters. The van der Waals surface area contributed by atoms with Gasteiger partial charge in [-0.2, -0.15) is 0 Å². The second-order valence-corrected chi connectivity index (χ2v) is 10.5. The Kier molecular flexibility index (Phi) is 8.99. The fourth-order valence-corrected chi connectivity index (χ4v) is 5.46. The minimum atomic E-state index is -0.944. The van der Waals surface area contributed by atoms with Crippen molar-refractivity contribution in [1.29, 1.82) is 0 Å². The van der Waals surface area contributed by atoms with Gasteiger partial charge in [0, 0.05) is 33.9 Å². The Morgan fingerprint density at radius 3 is 2.05 bits per heavy atom. The van der Waals surface area contributed by atoms with E-state index >= 15 is 0 Å². The molecular weight excluding hydrogens is 512 g/mol. The molecule has 0 spiro atoms. The fourth-order valence-electron chi connectivity index (χ4n) is 4.52. The van der Waals surface area contributed by atoms with Crippen LogP contribution >= 0.6 is 11.9 Å². The third-order valence-corrected chi connectivity index (χ3v) is 7.51. The molecule has 0 saturated carbocycles. The summed E-state index contributed by atoms with van der Waals surface area (Å²) in [6.45, 7) is 4.29. The summed E-state index contributed by atoms with van der Waals surface area (Å²) in [5, 5.41) is 21.1. The average molecular weight is 545 g/mol. The van der Waals surface area contributed by atoms with Gasteiger partial charge in [0.2, 0.25) is 0 Å². The first-order valence-corrected chi connectivity index (χ1v) is 13.4. The zero-order valence-electron chi connectivity index (χ0n) is 22.2. The van der Waals surface area contributed by atoms with E-state index in [2.05, 4.69) is 29.2 Å². The van der Waals surface area contributed by atoms with Gasteiger partial charge in [0.1, 0.15) is 12.3 Å². The molecule has 2 N–H and O–H groups in total. The SMILES string of the molecule is COc1ccc(SN(CC(=O)O)c2ccc(N(Cc3ccc(C)cc3)[C@@H](C)CC(=O)O)c3ccccc23)cc1. The third kappa shape index (κ3) is 7.03. The number of carboxylic acids is 2. The van der Waals surface area contributed by atoms with E-state index in [1.807, 2.05) is 74.5 Å². The Bertz CT molecular complexity index is 1440. The average Bonchev–Trinajstić information content (AvgIpc) is 2.91. The first-order valence-electron chi connectivity index (χ1n) is 12.6. The van der Waals surface area contributed by atoms with Crippen LogP contribution in [0.5, 0.6) is 5.75 Å². The van der Waals surface area contributed by atoms with Gasteiger partial charge in [-0.25, -0.2) is 0 Å². The minimum Gasteiger partial charge on any atom is -0.497 e. The number of carbonyl (C=O) groups is 2. The van der Waals surface area contributed by atoms with Crippen LogP contribution in [0.4, 0.5) is 11.4 Å². The Morgan fingerprint density at radius 1 is 0.846 bits per heavy atom. The topological polar surface area (TPSA) is 90.3 Å². The maximum atomic E-state index is 11.9. The third-order valence-electron chi connectivity index (χ3n) is 6.49. The van der Waals surface area contributed by atoms with E-state index in [0.29, 0.717) is 6.54 Å². The first kappa shape index (κ1) is 27.9. The van der Waals surface area contributed by atoms with Gasteiger partial charge in [-0.15, -0.1) is 0 Å². The van der Waals surface area contributed by atoms with Crippen molar-refractivity contribution in [3.8, 4) is 5.75 Å². The van der Waals surface area contributed by atoms with E-state index in [1.165, 1.54) is 11.9 Å². The van der Waals surface area contributed by atoms with Crippen LogP contribution in [0.1, 0.15) is 24.5 Å². The quantitative estimate of drug-likeness (QED) is 0.192. The lowest BCUT2D eigenvalue weighted by atomic mass is 10.0. The molecule has 1 atom stereocenters. The van der Waals surface area contributed by atoms with Gasteiger partial charge < -0.3 is 24.2 Å². The second kappa shape index (κ2) is 12.6. The number of aryl methyl sites for hydroxylation is 1. The lowest BCUT2D eigenvalue weighted by molar-refractivity contribution is -0.137. The Labute approximate surface area is 232 Å². The molecule has 0 amide bonds. The molecule has 0 aromatic heterocycles. The van der Waals surface area contributed by atoms with Crippen molar-refractivity contribution < 1.29 is 24.5 Å². The summed E-state index contributed by atoms with van der Waals surface area (Å²) in [5.41, 5.74) is 3.90. The smallest absolute Gasteiger partial charge is 0.324 e. The van der Waals surface area contributed by atoms with Crippen molar-refractivity contribution in [3.05, 3.63) is 96.1 Å². The van der Waals surface area contributed by atoms with Gasteiger partial charge in [-0.3, -0.25) is 9.59 Å². The molecule has 39 heavy (non-hydrogen) atoms. The Balaban J connectivity index is 1.78. The number of ether oxygens (including phenoxy) is 1. The summed E-state index contributed by atoms with van der Waals surface area (Å²) in [5.74, 6) is -1.08. The van der Waals surface area contributed by atoms with Crippen LogP contribution in [0, 0.1) is 6.92 Å². The highest BCUT2D eigenvalue weighted by atomic mass is 32.2. The molecule has 4 aromatic rings. The lowest BCUT2D eigenvalue weighted by Gasteiger charge is -2.33. The van der Waals surface area contributed by atoms with Crippen molar-refractivity contribution in [2.45, 2.75) is 37.8 Å². The standard InChI is InChI=1S/C31H32N2O5S/c1-21-8-10-23(11-9-21)19-32(22(2)18-30(34)35)28-16-17-29(27-7-5-4-6-26(27)28)33(20-31(36)37)39-25-14-12-24(38-3)13-15-25/h4-17,22H,18-20H2,1-3H3,(H,34,35)(H,36,37)/t22-/m0/s1. The van der Waals surface area contributed by atoms with Crippen LogP contribution < -0.4 is 13.9 Å². The Hall–Kier alpha value is -4.17. The van der Waals surface area contributed by atoms with Crippen molar-refractivity contribution in [2.75, 3.05) is 22.9 Å². The maximum absolute atomic E-state index is 11.9. The second-order valence-electron chi connectivity index (χ2n) is 9.41. The van der Waals surface area contributed by atoms with E-state index in [0.717, 1.165) is 43.9 Å². The zero-order chi connectivity index (χ0) is 27.9. The van der Waals surface area contributed by atoms with Gasteiger partial charge >= 0.3 is 11.9 Å². The molecule has 8 heteroatoms. The summed E-state index contributed by atoms with van der Waals surface area (Å²) in [7, 11) is 1.60. The highest BCUT2D eigenvalue weighted by Crippen LogP contribution is 2.39. The largest absolute Gasteiger partial charge is 0.497 e. The van der Waals surface area contributed by atoms with Crippen LogP contribution in [-0.2, 0) is 16.1 Å². The molecular formula is C31H32N2O5S. The fraction of sp³-hybridized carbons (Fsp3) is 0.226. The van der Waals surface area contributed by atoms with Crippen LogP contribution in [0.25, 0.3) is 10.8 Å². The highest BCUT2D eigenvalue weighted by Gasteiger charge is 2.23. The number of hydrogen-bond acceptors (Lipinski definition) is 6. The van der Waals surface area contributed by atoms with Crippen molar-refractivity contribution in [1.82, 2.24) is 0 Å². The molecule has 4 rings (SSSR count). The summed E-state index contributed by atoms with van der Waals surface area (Å²) < 4.78 is 7.01. The molecule has 0 heterocycles. The number of aliphatic carboxylic acids is 2. The normalized spacial score (nSPS) is 11.7. The van der Waals surface area contributed by atoms with Gasteiger partial charge in [0.25, 0.3) is 0 Å². The summed E-state index contributed by atoms with van der Waals surface area (Å²) >= 11 is 1.34. The van der Waals surface area contributed by atoms with Gasteiger partial charge in [-0.05, 0) is 67.8 Å². The maximum Gasteiger partial charge on any atom is 0.324 e. The Morgan fingerprint density at radius 2 is 1.46 bits per heavy atom. The van der Waals surface area contributed by atoms with E-state index in [-0.39, 0.29) is 19.0 Å². The van der Waals surface area contributed by atoms with Gasteiger partial charge in [-0.1, -0.05) is 54.1 Å². The predicted octanol–water partition coefficient (Wildman–Crippen LogP) is 6.62.